The van der Waals surface area contributed by atoms with Crippen LogP contribution in [0.4, 0.5) is 8.78 Å². The van der Waals surface area contributed by atoms with Gasteiger partial charge in [0.2, 0.25) is 0 Å². The highest BCUT2D eigenvalue weighted by atomic mass is 79.9. The topological polar surface area (TPSA) is 38.0 Å². The molecule has 1 heterocycles. The van der Waals surface area contributed by atoms with E-state index in [1.54, 1.807) is 0 Å². The number of rotatable bonds is 4. The van der Waals surface area contributed by atoms with Crippen molar-refractivity contribution in [1.29, 1.82) is 0 Å². The van der Waals surface area contributed by atoms with Crippen LogP contribution in [-0.4, -0.2) is 0 Å². The predicted molar refractivity (Wildman–Crippen MR) is 76.9 cm³/mol. The van der Waals surface area contributed by atoms with E-state index in [1.807, 2.05) is 19.1 Å². The van der Waals surface area contributed by atoms with E-state index >= 15 is 0 Å². The fourth-order valence-electron chi connectivity index (χ4n) is 1.85. The van der Waals surface area contributed by atoms with Gasteiger partial charge in [0.25, 0.3) is 0 Å². The van der Waals surface area contributed by atoms with Gasteiger partial charge in [-0.3, -0.25) is 5.84 Å². The molecule has 1 atom stereocenters. The molecule has 2 rings (SSSR count). The third-order valence-electron chi connectivity index (χ3n) is 2.85. The average molecular weight is 347 g/mol. The molecule has 0 aliphatic heterocycles. The SMILES string of the molecule is CCc1ccc(C(NN)c2c(F)ccc(Br)c2F)s1. The van der Waals surface area contributed by atoms with E-state index in [9.17, 15) is 8.78 Å². The maximum absolute atomic E-state index is 14.1. The van der Waals surface area contributed by atoms with Gasteiger partial charge in [0.15, 0.2) is 0 Å². The maximum atomic E-state index is 14.1. The second-order valence-electron chi connectivity index (χ2n) is 4.01. The third-order valence-corrected chi connectivity index (χ3v) is 4.76. The molecule has 0 saturated heterocycles. The highest BCUT2D eigenvalue weighted by Gasteiger charge is 2.23. The average Bonchev–Trinajstić information content (AvgIpc) is 2.87. The van der Waals surface area contributed by atoms with Crippen molar-refractivity contribution in [3.63, 3.8) is 0 Å². The van der Waals surface area contributed by atoms with Crippen LogP contribution in [0.25, 0.3) is 0 Å². The summed E-state index contributed by atoms with van der Waals surface area (Å²) in [5.74, 6) is 4.24. The first kappa shape index (κ1) is 14.6. The molecule has 1 aromatic carbocycles. The van der Waals surface area contributed by atoms with Gasteiger partial charge < -0.3 is 0 Å². The first-order valence-corrected chi connectivity index (χ1v) is 7.37. The lowest BCUT2D eigenvalue weighted by Gasteiger charge is -2.17. The Morgan fingerprint density at radius 2 is 2.05 bits per heavy atom. The van der Waals surface area contributed by atoms with E-state index in [2.05, 4.69) is 21.4 Å². The second kappa shape index (κ2) is 6.09. The summed E-state index contributed by atoms with van der Waals surface area (Å²) < 4.78 is 28.2. The van der Waals surface area contributed by atoms with Crippen LogP contribution >= 0.6 is 27.3 Å². The van der Waals surface area contributed by atoms with Gasteiger partial charge in [-0.25, -0.2) is 14.2 Å². The van der Waals surface area contributed by atoms with Crippen LogP contribution in [0.1, 0.15) is 28.3 Å². The van der Waals surface area contributed by atoms with Crippen molar-refractivity contribution in [2.75, 3.05) is 0 Å². The van der Waals surface area contributed by atoms with Crippen LogP contribution in [0.3, 0.4) is 0 Å². The molecule has 6 heteroatoms. The first-order valence-electron chi connectivity index (χ1n) is 5.76. The molecule has 0 saturated carbocycles. The molecule has 0 aliphatic rings. The molecule has 0 radical (unpaired) electrons. The van der Waals surface area contributed by atoms with Gasteiger partial charge in [-0.05, 0) is 46.6 Å². The summed E-state index contributed by atoms with van der Waals surface area (Å²) in [5, 5.41) is 0. The Balaban J connectivity index is 2.50. The normalized spacial score (nSPS) is 12.7. The molecular weight excluding hydrogens is 334 g/mol. The molecule has 0 bridgehead atoms. The van der Waals surface area contributed by atoms with Crippen molar-refractivity contribution in [2.24, 2.45) is 5.84 Å². The highest BCUT2D eigenvalue weighted by molar-refractivity contribution is 9.10. The summed E-state index contributed by atoms with van der Waals surface area (Å²) in [5.41, 5.74) is 2.42. The fourth-order valence-corrected chi connectivity index (χ4v) is 3.22. The first-order chi connectivity index (χ1) is 9.08. The lowest BCUT2D eigenvalue weighted by molar-refractivity contribution is 0.510. The summed E-state index contributed by atoms with van der Waals surface area (Å²) >= 11 is 4.55. The van der Waals surface area contributed by atoms with Crippen LogP contribution in [0.2, 0.25) is 0 Å². The van der Waals surface area contributed by atoms with Gasteiger partial charge in [0, 0.05) is 15.3 Å². The van der Waals surface area contributed by atoms with E-state index in [1.165, 1.54) is 23.5 Å². The zero-order valence-corrected chi connectivity index (χ0v) is 12.6. The Labute approximate surface area is 122 Å². The van der Waals surface area contributed by atoms with Gasteiger partial charge in [0.1, 0.15) is 11.6 Å². The molecule has 3 N–H and O–H groups in total. The Bertz CT molecular complexity index is 586. The minimum Gasteiger partial charge on any atom is -0.271 e. The molecular formula is C13H13BrF2N2S. The fraction of sp³-hybridized carbons (Fsp3) is 0.231. The number of halogens is 3. The van der Waals surface area contributed by atoms with Crippen molar-refractivity contribution in [3.8, 4) is 0 Å². The number of nitrogens with two attached hydrogens (primary N) is 1. The summed E-state index contributed by atoms with van der Waals surface area (Å²) in [6.07, 6.45) is 0.880. The maximum Gasteiger partial charge on any atom is 0.145 e. The number of hydrogen-bond acceptors (Lipinski definition) is 3. The van der Waals surface area contributed by atoms with E-state index in [0.717, 1.165) is 16.2 Å². The minimum absolute atomic E-state index is 0.0682. The van der Waals surface area contributed by atoms with Gasteiger partial charge >= 0.3 is 0 Å². The molecule has 0 aliphatic carbocycles. The third kappa shape index (κ3) is 2.86. The Kier molecular flexibility index (Phi) is 4.67. The van der Waals surface area contributed by atoms with Crippen LogP contribution in [0, 0.1) is 11.6 Å². The Morgan fingerprint density at radius 1 is 1.32 bits per heavy atom. The van der Waals surface area contributed by atoms with Gasteiger partial charge in [-0.1, -0.05) is 6.92 Å². The molecule has 0 fully saturated rings. The van der Waals surface area contributed by atoms with Crippen molar-refractivity contribution in [3.05, 3.63) is 55.7 Å². The van der Waals surface area contributed by atoms with Crippen LogP contribution in [-0.2, 0) is 6.42 Å². The van der Waals surface area contributed by atoms with Gasteiger partial charge in [-0.2, -0.15) is 0 Å². The molecule has 1 aromatic heterocycles. The zero-order chi connectivity index (χ0) is 14.0. The summed E-state index contributed by atoms with van der Waals surface area (Å²) in [6, 6.07) is 5.66. The van der Waals surface area contributed by atoms with Gasteiger partial charge in [0.05, 0.1) is 10.5 Å². The molecule has 1 unspecified atom stereocenters. The number of nitrogens with one attached hydrogen (secondary N) is 1. The number of benzene rings is 1. The van der Waals surface area contributed by atoms with E-state index in [4.69, 9.17) is 5.84 Å². The number of hydrogen-bond donors (Lipinski definition) is 2. The molecule has 2 nitrogen and oxygen atoms in total. The standard InChI is InChI=1S/C13H13BrF2N2S/c1-2-7-3-6-10(19-7)13(18-17)11-9(15)5-4-8(14)12(11)16/h3-6,13,18H,2,17H2,1H3. The predicted octanol–water partition coefficient (Wildman–Crippen LogP) is 3.90. The zero-order valence-electron chi connectivity index (χ0n) is 10.2. The van der Waals surface area contributed by atoms with E-state index in [0.29, 0.717) is 0 Å². The monoisotopic (exact) mass is 346 g/mol. The van der Waals surface area contributed by atoms with Gasteiger partial charge in [-0.15, -0.1) is 11.3 Å². The number of hydrazine groups is 1. The summed E-state index contributed by atoms with van der Waals surface area (Å²) in [6.45, 7) is 2.03. The van der Waals surface area contributed by atoms with E-state index in [-0.39, 0.29) is 10.0 Å². The molecule has 19 heavy (non-hydrogen) atoms. The Hall–Kier alpha value is -0.820. The van der Waals surface area contributed by atoms with E-state index < -0.39 is 17.7 Å². The van der Waals surface area contributed by atoms with Crippen LogP contribution < -0.4 is 11.3 Å². The highest BCUT2D eigenvalue weighted by Crippen LogP contribution is 2.33. The summed E-state index contributed by atoms with van der Waals surface area (Å²) in [7, 11) is 0. The van der Waals surface area contributed by atoms with Crippen molar-refractivity contribution >= 4 is 27.3 Å². The lowest BCUT2D eigenvalue weighted by atomic mass is 10.0. The molecule has 102 valence electrons. The Morgan fingerprint density at radius 3 is 2.63 bits per heavy atom. The number of thiophene rings is 1. The smallest absolute Gasteiger partial charge is 0.145 e. The van der Waals surface area contributed by atoms with Crippen molar-refractivity contribution < 1.29 is 8.78 Å². The number of aryl methyl sites for hydroxylation is 1. The van der Waals surface area contributed by atoms with Crippen molar-refractivity contribution in [1.82, 2.24) is 5.43 Å². The van der Waals surface area contributed by atoms with Crippen LogP contribution in [0.15, 0.2) is 28.7 Å². The lowest BCUT2D eigenvalue weighted by Crippen LogP contribution is -2.29. The quantitative estimate of drug-likeness (QED) is 0.500. The molecule has 0 amide bonds. The molecule has 2 aromatic rings. The largest absolute Gasteiger partial charge is 0.271 e. The van der Waals surface area contributed by atoms with Crippen molar-refractivity contribution in [2.45, 2.75) is 19.4 Å². The molecule has 0 spiro atoms. The minimum atomic E-state index is -0.692. The van der Waals surface area contributed by atoms with Crippen LogP contribution in [0.5, 0.6) is 0 Å². The second-order valence-corrected chi connectivity index (χ2v) is 6.07. The summed E-state index contributed by atoms with van der Waals surface area (Å²) in [4.78, 5) is 1.93.